The van der Waals surface area contributed by atoms with Gasteiger partial charge in [-0.2, -0.15) is 0 Å². The molecule has 0 saturated carbocycles. The maximum absolute atomic E-state index is 6.40. The summed E-state index contributed by atoms with van der Waals surface area (Å²) in [6.45, 7) is 2.11. The van der Waals surface area contributed by atoms with E-state index in [1.165, 1.54) is 21.4 Å². The van der Waals surface area contributed by atoms with Gasteiger partial charge in [0.25, 0.3) is 0 Å². The lowest BCUT2D eigenvalue weighted by atomic mass is 10.0. The van der Waals surface area contributed by atoms with E-state index in [9.17, 15) is 0 Å². The molecule has 2 N–H and O–H groups in total. The number of pyridine rings is 1. The van der Waals surface area contributed by atoms with Crippen LogP contribution in [0.3, 0.4) is 0 Å². The van der Waals surface area contributed by atoms with Crippen LogP contribution in [0.5, 0.6) is 0 Å². The van der Waals surface area contributed by atoms with Gasteiger partial charge in [0.05, 0.1) is 0 Å². The molecule has 106 valence electrons. The van der Waals surface area contributed by atoms with Crippen molar-refractivity contribution < 1.29 is 0 Å². The van der Waals surface area contributed by atoms with E-state index in [4.69, 9.17) is 5.73 Å². The quantitative estimate of drug-likeness (QED) is 0.728. The minimum Gasteiger partial charge on any atom is -0.323 e. The van der Waals surface area contributed by atoms with Crippen molar-refractivity contribution in [1.29, 1.82) is 0 Å². The Balaban J connectivity index is 1.79. The molecule has 0 bridgehead atoms. The molecule has 0 fully saturated rings. The first kappa shape index (κ1) is 14.1. The first-order valence-corrected chi connectivity index (χ1v) is 8.00. The summed E-state index contributed by atoms with van der Waals surface area (Å²) in [5, 5.41) is 2.34. The normalized spacial score (nSPS) is 12.5. The second kappa shape index (κ2) is 6.29. The first-order chi connectivity index (χ1) is 10.2. The molecule has 3 aromatic rings. The molecule has 21 heavy (non-hydrogen) atoms. The van der Waals surface area contributed by atoms with Crippen molar-refractivity contribution in [1.82, 2.24) is 4.98 Å². The molecule has 1 heterocycles. The van der Waals surface area contributed by atoms with Crippen molar-refractivity contribution in [2.45, 2.75) is 17.9 Å². The minimum absolute atomic E-state index is 0.00316. The topological polar surface area (TPSA) is 38.9 Å². The molecule has 0 spiro atoms. The number of aromatic nitrogens is 1. The highest BCUT2D eigenvalue weighted by Gasteiger charge is 2.10. The highest BCUT2D eigenvalue weighted by Crippen LogP contribution is 2.27. The second-order valence-corrected chi connectivity index (χ2v) is 6.27. The molecule has 1 atom stereocenters. The largest absolute Gasteiger partial charge is 0.323 e. The van der Waals surface area contributed by atoms with Crippen molar-refractivity contribution in [3.05, 3.63) is 72.1 Å². The zero-order valence-electron chi connectivity index (χ0n) is 12.0. The summed E-state index contributed by atoms with van der Waals surface area (Å²) >= 11 is 1.80. The summed E-state index contributed by atoms with van der Waals surface area (Å²) < 4.78 is 0. The van der Waals surface area contributed by atoms with Gasteiger partial charge >= 0.3 is 0 Å². The second-order valence-electron chi connectivity index (χ2n) is 5.18. The van der Waals surface area contributed by atoms with E-state index >= 15 is 0 Å². The number of nitrogens with zero attached hydrogens (tertiary/aromatic N) is 1. The van der Waals surface area contributed by atoms with E-state index in [0.717, 1.165) is 11.1 Å². The van der Waals surface area contributed by atoms with Gasteiger partial charge < -0.3 is 5.73 Å². The van der Waals surface area contributed by atoms with Crippen LogP contribution >= 0.6 is 11.8 Å². The third kappa shape index (κ3) is 3.26. The SMILES string of the molecule is Cc1cccc(SCC(N)c2cccc3ccncc23)c1. The van der Waals surface area contributed by atoms with Gasteiger partial charge in [-0.05, 0) is 36.1 Å². The number of rotatable bonds is 4. The third-order valence-corrected chi connectivity index (χ3v) is 4.65. The molecule has 0 saturated heterocycles. The van der Waals surface area contributed by atoms with E-state index in [-0.39, 0.29) is 6.04 Å². The number of thioether (sulfide) groups is 1. The summed E-state index contributed by atoms with van der Waals surface area (Å²) in [4.78, 5) is 5.49. The molecule has 3 heteroatoms. The van der Waals surface area contributed by atoms with Crippen molar-refractivity contribution >= 4 is 22.5 Å². The lowest BCUT2D eigenvalue weighted by molar-refractivity contribution is 0.839. The molecule has 0 amide bonds. The Labute approximate surface area is 129 Å². The van der Waals surface area contributed by atoms with Gasteiger partial charge in [-0.25, -0.2) is 0 Å². The van der Waals surface area contributed by atoms with Crippen molar-refractivity contribution in [3.8, 4) is 0 Å². The number of nitrogens with two attached hydrogens (primary N) is 1. The Morgan fingerprint density at radius 1 is 1.14 bits per heavy atom. The van der Waals surface area contributed by atoms with E-state index in [0.29, 0.717) is 0 Å². The van der Waals surface area contributed by atoms with Gasteiger partial charge in [-0.1, -0.05) is 35.9 Å². The third-order valence-electron chi connectivity index (χ3n) is 3.54. The van der Waals surface area contributed by atoms with Crippen LogP contribution in [0.4, 0.5) is 0 Å². The van der Waals surface area contributed by atoms with Gasteiger partial charge in [0.2, 0.25) is 0 Å². The fourth-order valence-electron chi connectivity index (χ4n) is 2.44. The summed E-state index contributed by atoms with van der Waals surface area (Å²) in [5.74, 6) is 0.859. The Hall–Kier alpha value is -1.84. The summed E-state index contributed by atoms with van der Waals surface area (Å²) in [6.07, 6.45) is 3.72. The average Bonchev–Trinajstić information content (AvgIpc) is 2.52. The fourth-order valence-corrected chi connectivity index (χ4v) is 3.44. The lowest BCUT2D eigenvalue weighted by Gasteiger charge is -2.14. The monoisotopic (exact) mass is 294 g/mol. The van der Waals surface area contributed by atoms with Crippen LogP contribution < -0.4 is 5.73 Å². The molecular weight excluding hydrogens is 276 g/mol. The molecule has 2 aromatic carbocycles. The number of hydrogen-bond donors (Lipinski definition) is 1. The van der Waals surface area contributed by atoms with Gasteiger partial charge in [0.15, 0.2) is 0 Å². The highest BCUT2D eigenvalue weighted by atomic mass is 32.2. The molecule has 0 aliphatic carbocycles. The number of hydrogen-bond acceptors (Lipinski definition) is 3. The molecule has 3 rings (SSSR count). The van der Waals surface area contributed by atoms with Crippen LogP contribution in [-0.2, 0) is 0 Å². The Morgan fingerprint density at radius 3 is 2.86 bits per heavy atom. The summed E-state index contributed by atoms with van der Waals surface area (Å²) in [5.41, 5.74) is 8.85. The molecule has 2 nitrogen and oxygen atoms in total. The Morgan fingerprint density at radius 2 is 2.00 bits per heavy atom. The maximum Gasteiger partial charge on any atom is 0.0397 e. The van der Waals surface area contributed by atoms with Crippen LogP contribution in [0.1, 0.15) is 17.2 Å². The number of benzene rings is 2. The first-order valence-electron chi connectivity index (χ1n) is 7.02. The van der Waals surface area contributed by atoms with Gasteiger partial charge in [-0.15, -0.1) is 11.8 Å². The van der Waals surface area contributed by atoms with E-state index in [1.807, 2.05) is 18.5 Å². The Kier molecular flexibility index (Phi) is 4.23. The lowest BCUT2D eigenvalue weighted by Crippen LogP contribution is -2.13. The van der Waals surface area contributed by atoms with E-state index in [1.54, 1.807) is 11.8 Å². The van der Waals surface area contributed by atoms with Crippen molar-refractivity contribution in [2.24, 2.45) is 5.73 Å². The van der Waals surface area contributed by atoms with Crippen LogP contribution in [0, 0.1) is 6.92 Å². The zero-order valence-corrected chi connectivity index (χ0v) is 12.8. The predicted octanol–water partition coefficient (Wildman–Crippen LogP) is 4.34. The zero-order chi connectivity index (χ0) is 14.7. The smallest absolute Gasteiger partial charge is 0.0397 e. The van der Waals surface area contributed by atoms with Crippen LogP contribution in [0.15, 0.2) is 65.8 Å². The van der Waals surface area contributed by atoms with Crippen molar-refractivity contribution in [3.63, 3.8) is 0 Å². The fraction of sp³-hybridized carbons (Fsp3) is 0.167. The summed E-state index contributed by atoms with van der Waals surface area (Å²) in [6, 6.07) is 16.8. The standard InChI is InChI=1S/C18H18N2S/c1-13-4-2-6-15(10-13)21-12-18(19)16-7-3-5-14-8-9-20-11-17(14)16/h2-11,18H,12,19H2,1H3. The highest BCUT2D eigenvalue weighted by molar-refractivity contribution is 7.99. The molecule has 0 radical (unpaired) electrons. The average molecular weight is 294 g/mol. The predicted molar refractivity (Wildman–Crippen MR) is 90.6 cm³/mol. The van der Waals surface area contributed by atoms with Gasteiger partial charge in [0.1, 0.15) is 0 Å². The van der Waals surface area contributed by atoms with Crippen LogP contribution in [-0.4, -0.2) is 10.7 Å². The minimum atomic E-state index is 0.00316. The number of aryl methyl sites for hydroxylation is 1. The van der Waals surface area contributed by atoms with Crippen LogP contribution in [0.25, 0.3) is 10.8 Å². The Bertz CT molecular complexity index is 750. The van der Waals surface area contributed by atoms with Crippen LogP contribution in [0.2, 0.25) is 0 Å². The molecule has 0 aliphatic rings. The summed E-state index contributed by atoms with van der Waals surface area (Å²) in [7, 11) is 0. The van der Waals surface area contributed by atoms with E-state index < -0.39 is 0 Å². The van der Waals surface area contributed by atoms with Gasteiger partial charge in [-0.3, -0.25) is 4.98 Å². The molecule has 1 aromatic heterocycles. The molecular formula is C18H18N2S. The molecule has 1 unspecified atom stereocenters. The van der Waals surface area contributed by atoms with Crippen molar-refractivity contribution in [2.75, 3.05) is 5.75 Å². The maximum atomic E-state index is 6.40. The van der Waals surface area contributed by atoms with E-state index in [2.05, 4.69) is 54.4 Å². The molecule has 0 aliphatic heterocycles. The van der Waals surface area contributed by atoms with Gasteiger partial charge in [0, 0.05) is 34.5 Å². The number of fused-ring (bicyclic) bond motifs is 1.